The second-order valence-corrected chi connectivity index (χ2v) is 16.6. The van der Waals surface area contributed by atoms with E-state index < -0.39 is 13.9 Å². The quantitative estimate of drug-likeness (QED) is 0.0572. The van der Waals surface area contributed by atoms with Crippen molar-refractivity contribution < 1.29 is 41.9 Å². The largest absolute Gasteiger partial charge is 0.475 e. The van der Waals surface area contributed by atoms with Crippen LogP contribution in [0, 0.1) is 24.2 Å². The lowest BCUT2D eigenvalue weighted by Crippen LogP contribution is -2.34. The second kappa shape index (κ2) is 18.8. The minimum absolute atomic E-state index is 0.00532. The Balaban J connectivity index is 1.88. The standard InChI is InChI=1S/C30H53O9PS2/c1-10-11-14-25(31)15-16-30(6,7)42-41-18-13-12-17-35-40(32,36-20-27-28(34-9)21(2)23(4)38-27)39-29-22(3)24(5)37-26(29)19-33-8/h1,21-24,26-29H,11-20H2,2-9H3. The van der Waals surface area contributed by atoms with Gasteiger partial charge in [0, 0.05) is 55.8 Å². The number of phosphoric acid groups is 1. The summed E-state index contributed by atoms with van der Waals surface area (Å²) in [5.74, 6) is 3.80. The zero-order valence-corrected chi connectivity index (χ0v) is 29.2. The monoisotopic (exact) mass is 652 g/mol. The van der Waals surface area contributed by atoms with Crippen LogP contribution >= 0.6 is 29.4 Å². The van der Waals surface area contributed by atoms with Crippen molar-refractivity contribution >= 4 is 35.2 Å². The lowest BCUT2D eigenvalue weighted by atomic mass is 9.99. The molecular formula is C30H53O9PS2. The van der Waals surface area contributed by atoms with Crippen LogP contribution < -0.4 is 0 Å². The van der Waals surface area contributed by atoms with E-state index in [-0.39, 0.29) is 66.1 Å². The molecule has 2 fully saturated rings. The van der Waals surface area contributed by atoms with Crippen LogP contribution in [-0.2, 0) is 41.9 Å². The van der Waals surface area contributed by atoms with Crippen LogP contribution in [0.3, 0.4) is 0 Å². The van der Waals surface area contributed by atoms with Gasteiger partial charge >= 0.3 is 7.82 Å². The first-order chi connectivity index (χ1) is 19.9. The van der Waals surface area contributed by atoms with Crippen molar-refractivity contribution in [1.29, 1.82) is 0 Å². The van der Waals surface area contributed by atoms with Crippen LogP contribution in [0.1, 0.15) is 80.1 Å². The SMILES string of the molecule is C#CCCC(=O)CCC(C)(C)SSCCCCOP(=O)(OCC1OC(C)C(C)C1OC)OC1C(COC)OC(C)C1C. The molecule has 0 bridgehead atoms. The number of carbonyl (C=O) groups is 1. The minimum atomic E-state index is -3.96. The average Bonchev–Trinajstić information content (AvgIpc) is 3.37. The van der Waals surface area contributed by atoms with Gasteiger partial charge in [0.1, 0.15) is 24.1 Å². The van der Waals surface area contributed by atoms with E-state index in [0.29, 0.717) is 32.3 Å². The third-order valence-electron chi connectivity index (χ3n) is 7.99. The summed E-state index contributed by atoms with van der Waals surface area (Å²) < 4.78 is 54.9. The Morgan fingerprint density at radius 1 is 0.952 bits per heavy atom. The molecule has 42 heavy (non-hydrogen) atoms. The van der Waals surface area contributed by atoms with Gasteiger partial charge in [0.05, 0.1) is 38.1 Å². The van der Waals surface area contributed by atoms with Gasteiger partial charge in [0.2, 0.25) is 0 Å². The lowest BCUT2D eigenvalue weighted by Gasteiger charge is -2.27. The molecule has 0 spiro atoms. The highest BCUT2D eigenvalue weighted by molar-refractivity contribution is 8.77. The number of methoxy groups -OCH3 is 2. The van der Waals surface area contributed by atoms with Crippen molar-refractivity contribution in [3.8, 4) is 12.3 Å². The molecule has 12 heteroatoms. The number of unbranched alkanes of at least 4 members (excludes halogenated alkanes) is 1. The van der Waals surface area contributed by atoms with E-state index in [0.717, 1.165) is 18.6 Å². The summed E-state index contributed by atoms with van der Waals surface area (Å²) in [5.41, 5.74) is 0. The van der Waals surface area contributed by atoms with Crippen molar-refractivity contribution in [1.82, 2.24) is 0 Å². The predicted octanol–water partition coefficient (Wildman–Crippen LogP) is 6.72. The summed E-state index contributed by atoms with van der Waals surface area (Å²) >= 11 is 0. The Kier molecular flexibility index (Phi) is 17.0. The molecule has 0 saturated carbocycles. The fourth-order valence-electron chi connectivity index (χ4n) is 5.00. The van der Waals surface area contributed by atoms with E-state index >= 15 is 0 Å². The first-order valence-corrected chi connectivity index (χ1v) is 18.8. The predicted molar refractivity (Wildman–Crippen MR) is 170 cm³/mol. The van der Waals surface area contributed by atoms with Crippen molar-refractivity contribution in [3.63, 3.8) is 0 Å². The van der Waals surface area contributed by atoms with Gasteiger partial charge in [-0.15, -0.1) is 12.3 Å². The molecule has 0 N–H and O–H groups in total. The third-order valence-corrected chi connectivity index (χ3v) is 12.9. The van der Waals surface area contributed by atoms with Crippen LogP contribution in [0.2, 0.25) is 0 Å². The first-order valence-electron chi connectivity index (χ1n) is 15.0. The molecule has 0 aromatic carbocycles. The van der Waals surface area contributed by atoms with Gasteiger partial charge in [-0.25, -0.2) is 4.57 Å². The number of phosphoric ester groups is 1. The third kappa shape index (κ3) is 12.3. The van der Waals surface area contributed by atoms with E-state index in [9.17, 15) is 9.36 Å². The number of rotatable bonds is 21. The molecule has 0 aromatic rings. The summed E-state index contributed by atoms with van der Waals surface area (Å²) in [4.78, 5) is 12.0. The van der Waals surface area contributed by atoms with Crippen LogP contribution in [0.4, 0.5) is 0 Å². The van der Waals surface area contributed by atoms with Gasteiger partial charge in [-0.1, -0.05) is 35.4 Å². The summed E-state index contributed by atoms with van der Waals surface area (Å²) in [6.45, 7) is 12.9. The minimum Gasteiger partial charge on any atom is -0.382 e. The van der Waals surface area contributed by atoms with Crippen molar-refractivity contribution in [2.45, 2.75) is 121 Å². The molecule has 2 aliphatic rings. The summed E-state index contributed by atoms with van der Waals surface area (Å²) in [5, 5.41) is 0. The highest BCUT2D eigenvalue weighted by Crippen LogP contribution is 2.54. The molecule has 2 heterocycles. The number of hydrogen-bond donors (Lipinski definition) is 0. The van der Waals surface area contributed by atoms with Crippen LogP contribution in [0.25, 0.3) is 0 Å². The highest BCUT2D eigenvalue weighted by Gasteiger charge is 2.47. The molecule has 0 amide bonds. The van der Waals surface area contributed by atoms with E-state index in [1.54, 1.807) is 35.8 Å². The first kappa shape index (κ1) is 38.1. The Morgan fingerprint density at radius 2 is 1.60 bits per heavy atom. The van der Waals surface area contributed by atoms with Gasteiger partial charge in [-0.3, -0.25) is 18.4 Å². The van der Waals surface area contributed by atoms with Crippen molar-refractivity contribution in [3.05, 3.63) is 0 Å². The summed E-state index contributed by atoms with van der Waals surface area (Å²) in [7, 11) is 2.85. The number of hydrogen-bond acceptors (Lipinski definition) is 11. The van der Waals surface area contributed by atoms with E-state index in [2.05, 4.69) is 26.7 Å². The summed E-state index contributed by atoms with van der Waals surface area (Å²) in [6, 6.07) is 0. The van der Waals surface area contributed by atoms with E-state index in [1.165, 1.54) is 0 Å². The number of ketones is 1. The van der Waals surface area contributed by atoms with Crippen LogP contribution in [0.5, 0.6) is 0 Å². The Labute approximate surface area is 261 Å². The average molecular weight is 653 g/mol. The van der Waals surface area contributed by atoms with Gasteiger partial charge < -0.3 is 18.9 Å². The molecule has 9 nitrogen and oxygen atoms in total. The van der Waals surface area contributed by atoms with Gasteiger partial charge in [-0.05, 0) is 47.0 Å². The topological polar surface area (TPSA) is 98.8 Å². The second-order valence-electron chi connectivity index (χ2n) is 11.9. The van der Waals surface area contributed by atoms with Crippen molar-refractivity contribution in [2.24, 2.45) is 11.8 Å². The number of carbonyl (C=O) groups excluding carboxylic acids is 1. The van der Waals surface area contributed by atoms with Gasteiger partial charge in [0.25, 0.3) is 0 Å². The molecule has 244 valence electrons. The molecule has 0 aromatic heterocycles. The van der Waals surface area contributed by atoms with Gasteiger partial charge in [0.15, 0.2) is 0 Å². The molecular weight excluding hydrogens is 599 g/mol. The van der Waals surface area contributed by atoms with E-state index in [1.807, 2.05) is 20.8 Å². The normalized spacial score (nSPS) is 31.2. The van der Waals surface area contributed by atoms with E-state index in [4.69, 9.17) is 38.9 Å². The maximum Gasteiger partial charge on any atom is 0.475 e. The fourth-order valence-corrected chi connectivity index (χ4v) is 9.22. The maximum absolute atomic E-state index is 14.0. The lowest BCUT2D eigenvalue weighted by molar-refractivity contribution is -0.119. The van der Waals surface area contributed by atoms with Gasteiger partial charge in [-0.2, -0.15) is 0 Å². The Hall–Kier alpha value is -0.120. The number of Topliss-reactive ketones (excluding diaryl/α,β-unsaturated/α-hetero) is 1. The Bertz CT molecular complexity index is 898. The maximum atomic E-state index is 14.0. The Morgan fingerprint density at radius 3 is 2.21 bits per heavy atom. The highest BCUT2D eigenvalue weighted by atomic mass is 33.1. The zero-order chi connectivity index (χ0) is 31.3. The molecule has 9 atom stereocenters. The molecule has 2 aliphatic heterocycles. The molecule has 9 unspecified atom stereocenters. The summed E-state index contributed by atoms with van der Waals surface area (Å²) in [6.07, 6.45) is 7.62. The number of ether oxygens (including phenoxy) is 4. The fraction of sp³-hybridized carbons (Fsp3) is 0.900. The molecule has 0 aliphatic carbocycles. The number of terminal acetylenes is 1. The van der Waals surface area contributed by atoms with Crippen LogP contribution in [-0.4, -0.2) is 86.9 Å². The molecule has 2 rings (SSSR count). The van der Waals surface area contributed by atoms with Crippen LogP contribution in [0.15, 0.2) is 0 Å². The smallest absolute Gasteiger partial charge is 0.382 e. The molecule has 0 radical (unpaired) electrons. The van der Waals surface area contributed by atoms with Crippen molar-refractivity contribution in [2.75, 3.05) is 39.8 Å². The molecule has 2 saturated heterocycles. The zero-order valence-electron chi connectivity index (χ0n) is 26.7.